The predicted octanol–water partition coefficient (Wildman–Crippen LogP) is 2.63. The summed E-state index contributed by atoms with van der Waals surface area (Å²) in [6, 6.07) is 8.46. The molecule has 0 radical (unpaired) electrons. The quantitative estimate of drug-likeness (QED) is 0.671. The number of aromatic nitrogens is 1. The summed E-state index contributed by atoms with van der Waals surface area (Å²) < 4.78 is 0. The molecule has 0 unspecified atom stereocenters. The second-order valence-corrected chi connectivity index (χ2v) is 5.93. The zero-order valence-electron chi connectivity index (χ0n) is 12.1. The smallest absolute Gasteiger partial charge is 0.191 e. The van der Waals surface area contributed by atoms with Gasteiger partial charge in [-0.15, -0.1) is 11.3 Å². The van der Waals surface area contributed by atoms with E-state index in [0.29, 0.717) is 0 Å². The highest BCUT2D eigenvalue weighted by atomic mass is 32.1. The van der Waals surface area contributed by atoms with Crippen molar-refractivity contribution in [3.8, 4) is 0 Å². The fourth-order valence-corrected chi connectivity index (χ4v) is 2.62. The molecule has 0 amide bonds. The summed E-state index contributed by atoms with van der Waals surface area (Å²) in [7, 11) is 1.78. The number of rotatable bonds is 4. The molecule has 2 N–H and O–H groups in total. The Bertz CT molecular complexity index is 589. The van der Waals surface area contributed by atoms with Crippen molar-refractivity contribution in [2.75, 3.05) is 7.05 Å². The fraction of sp³-hybridized carbons (Fsp3) is 0.333. The molecular formula is C15H20N4S. The van der Waals surface area contributed by atoms with Crippen molar-refractivity contribution in [1.29, 1.82) is 0 Å². The molecule has 0 spiro atoms. The van der Waals surface area contributed by atoms with Crippen LogP contribution in [0.3, 0.4) is 0 Å². The van der Waals surface area contributed by atoms with Gasteiger partial charge in [0.05, 0.1) is 11.6 Å². The largest absolute Gasteiger partial charge is 0.352 e. The van der Waals surface area contributed by atoms with E-state index in [-0.39, 0.29) is 0 Å². The van der Waals surface area contributed by atoms with E-state index in [1.807, 2.05) is 13.1 Å². The van der Waals surface area contributed by atoms with E-state index in [4.69, 9.17) is 0 Å². The number of nitrogens with zero attached hydrogens (tertiary/aromatic N) is 2. The summed E-state index contributed by atoms with van der Waals surface area (Å²) in [6.07, 6.45) is 1.90. The molecule has 1 aromatic heterocycles. The standard InChI is InChI=1S/C15H20N4S/c1-11-5-4-6-13(7-11)8-18-15(16-3)19-10-14-9-17-12(2)20-14/h4-7,9H,8,10H2,1-3H3,(H2,16,18,19). The van der Waals surface area contributed by atoms with Crippen LogP contribution >= 0.6 is 11.3 Å². The van der Waals surface area contributed by atoms with Gasteiger partial charge in [0.1, 0.15) is 0 Å². The molecule has 0 aliphatic heterocycles. The maximum Gasteiger partial charge on any atom is 0.191 e. The summed E-state index contributed by atoms with van der Waals surface area (Å²) in [6.45, 7) is 5.63. The first kappa shape index (κ1) is 14.5. The van der Waals surface area contributed by atoms with Crippen molar-refractivity contribution in [3.63, 3.8) is 0 Å². The van der Waals surface area contributed by atoms with Crippen LogP contribution in [0.1, 0.15) is 21.0 Å². The molecule has 1 heterocycles. The Morgan fingerprint density at radius 1 is 1.25 bits per heavy atom. The minimum atomic E-state index is 0.749. The Morgan fingerprint density at radius 2 is 2.05 bits per heavy atom. The highest BCUT2D eigenvalue weighted by Gasteiger charge is 2.01. The maximum atomic E-state index is 4.24. The Hall–Kier alpha value is -1.88. The van der Waals surface area contributed by atoms with Crippen molar-refractivity contribution < 1.29 is 0 Å². The molecule has 0 bridgehead atoms. The number of nitrogens with one attached hydrogen (secondary N) is 2. The van der Waals surface area contributed by atoms with Crippen LogP contribution in [0.25, 0.3) is 0 Å². The van der Waals surface area contributed by atoms with Crippen molar-refractivity contribution in [2.24, 2.45) is 4.99 Å². The van der Waals surface area contributed by atoms with Gasteiger partial charge in [-0.25, -0.2) is 4.98 Å². The predicted molar refractivity (Wildman–Crippen MR) is 85.1 cm³/mol. The van der Waals surface area contributed by atoms with Crippen molar-refractivity contribution in [2.45, 2.75) is 26.9 Å². The van der Waals surface area contributed by atoms with Gasteiger partial charge in [-0.3, -0.25) is 4.99 Å². The minimum Gasteiger partial charge on any atom is -0.352 e. The van der Waals surface area contributed by atoms with E-state index in [9.17, 15) is 0 Å². The Kier molecular flexibility index (Phi) is 5.12. The monoisotopic (exact) mass is 288 g/mol. The first-order valence-electron chi connectivity index (χ1n) is 6.59. The molecule has 20 heavy (non-hydrogen) atoms. The van der Waals surface area contributed by atoms with Gasteiger partial charge in [0.15, 0.2) is 5.96 Å². The zero-order chi connectivity index (χ0) is 14.4. The average molecular weight is 288 g/mol. The summed E-state index contributed by atoms with van der Waals surface area (Å²) in [4.78, 5) is 9.68. The van der Waals surface area contributed by atoms with E-state index in [2.05, 4.69) is 51.8 Å². The van der Waals surface area contributed by atoms with E-state index >= 15 is 0 Å². The van der Waals surface area contributed by atoms with Crippen LogP contribution in [-0.2, 0) is 13.1 Å². The summed E-state index contributed by atoms with van der Waals surface area (Å²) in [5.74, 6) is 0.803. The highest BCUT2D eigenvalue weighted by molar-refractivity contribution is 7.11. The number of hydrogen-bond donors (Lipinski definition) is 2. The van der Waals surface area contributed by atoms with E-state index in [1.54, 1.807) is 18.4 Å². The molecule has 0 fully saturated rings. The molecular weight excluding hydrogens is 268 g/mol. The zero-order valence-corrected chi connectivity index (χ0v) is 12.9. The lowest BCUT2D eigenvalue weighted by Gasteiger charge is -2.11. The number of benzene rings is 1. The van der Waals surface area contributed by atoms with Crippen LogP contribution in [0, 0.1) is 13.8 Å². The van der Waals surface area contributed by atoms with Crippen molar-refractivity contribution >= 4 is 17.3 Å². The third-order valence-electron chi connectivity index (χ3n) is 2.87. The van der Waals surface area contributed by atoms with Crippen LogP contribution in [-0.4, -0.2) is 18.0 Å². The van der Waals surface area contributed by atoms with E-state index in [1.165, 1.54) is 16.0 Å². The van der Waals surface area contributed by atoms with Gasteiger partial charge in [-0.1, -0.05) is 29.8 Å². The van der Waals surface area contributed by atoms with E-state index < -0.39 is 0 Å². The van der Waals surface area contributed by atoms with Crippen LogP contribution in [0.5, 0.6) is 0 Å². The number of aliphatic imine (C=N–C) groups is 1. The fourth-order valence-electron chi connectivity index (χ4n) is 1.89. The lowest BCUT2D eigenvalue weighted by Crippen LogP contribution is -2.36. The number of thiazole rings is 1. The van der Waals surface area contributed by atoms with Gasteiger partial charge in [0.2, 0.25) is 0 Å². The number of hydrogen-bond acceptors (Lipinski definition) is 3. The van der Waals surface area contributed by atoms with Crippen molar-refractivity contribution in [1.82, 2.24) is 15.6 Å². The van der Waals surface area contributed by atoms with Gasteiger partial charge in [-0.05, 0) is 19.4 Å². The lowest BCUT2D eigenvalue weighted by atomic mass is 10.1. The van der Waals surface area contributed by atoms with Gasteiger partial charge in [0, 0.05) is 24.7 Å². The molecule has 0 saturated heterocycles. The molecule has 0 saturated carbocycles. The van der Waals surface area contributed by atoms with Gasteiger partial charge < -0.3 is 10.6 Å². The average Bonchev–Trinajstić information content (AvgIpc) is 2.85. The Labute approximate surface area is 124 Å². The Morgan fingerprint density at radius 3 is 2.70 bits per heavy atom. The number of aryl methyl sites for hydroxylation is 2. The second-order valence-electron chi connectivity index (χ2n) is 4.61. The molecule has 0 atom stereocenters. The molecule has 106 valence electrons. The Balaban J connectivity index is 1.84. The normalized spacial score (nSPS) is 11.4. The first-order valence-corrected chi connectivity index (χ1v) is 7.40. The van der Waals surface area contributed by atoms with Crippen LogP contribution in [0.2, 0.25) is 0 Å². The SMILES string of the molecule is CN=C(NCc1cccc(C)c1)NCc1cnc(C)s1. The first-order chi connectivity index (χ1) is 9.67. The van der Waals surface area contributed by atoms with Crippen LogP contribution in [0.4, 0.5) is 0 Å². The topological polar surface area (TPSA) is 49.3 Å². The third kappa shape index (κ3) is 4.35. The highest BCUT2D eigenvalue weighted by Crippen LogP contribution is 2.10. The summed E-state index contributed by atoms with van der Waals surface area (Å²) >= 11 is 1.70. The van der Waals surface area contributed by atoms with Crippen molar-refractivity contribution in [3.05, 3.63) is 51.5 Å². The minimum absolute atomic E-state index is 0.749. The molecule has 0 aliphatic rings. The van der Waals surface area contributed by atoms with Crippen LogP contribution < -0.4 is 10.6 Å². The molecule has 2 aromatic rings. The molecule has 1 aromatic carbocycles. The maximum absolute atomic E-state index is 4.24. The van der Waals surface area contributed by atoms with Gasteiger partial charge in [-0.2, -0.15) is 0 Å². The lowest BCUT2D eigenvalue weighted by molar-refractivity contribution is 0.814. The summed E-state index contributed by atoms with van der Waals surface area (Å²) in [5, 5.41) is 7.69. The summed E-state index contributed by atoms with van der Waals surface area (Å²) in [5.41, 5.74) is 2.52. The number of guanidine groups is 1. The van der Waals surface area contributed by atoms with Crippen LogP contribution in [0.15, 0.2) is 35.5 Å². The molecule has 4 nitrogen and oxygen atoms in total. The third-order valence-corrected chi connectivity index (χ3v) is 3.78. The molecule has 5 heteroatoms. The molecule has 2 rings (SSSR count). The molecule has 0 aliphatic carbocycles. The second kappa shape index (κ2) is 7.05. The van der Waals surface area contributed by atoms with E-state index in [0.717, 1.165) is 24.1 Å². The van der Waals surface area contributed by atoms with Gasteiger partial charge in [0.25, 0.3) is 0 Å². The van der Waals surface area contributed by atoms with Gasteiger partial charge >= 0.3 is 0 Å².